The Labute approximate surface area is 115 Å². The zero-order valence-electron chi connectivity index (χ0n) is 11.3. The summed E-state index contributed by atoms with van der Waals surface area (Å²) >= 11 is 0. The van der Waals surface area contributed by atoms with Crippen molar-refractivity contribution >= 4 is 11.0 Å². The van der Waals surface area contributed by atoms with Crippen molar-refractivity contribution in [2.75, 3.05) is 7.11 Å². The van der Waals surface area contributed by atoms with Gasteiger partial charge in [-0.2, -0.15) is 0 Å². The standard InChI is InChI=1S/C15H16O5/c1-8(2)13(17)14(18)12-10(19-3)6-4-9-5-7-11(16)20-15(9)12/h4-7,13-14,17-18H,1H2,2-3H3/t13-,14+/m1/s1. The van der Waals surface area contributed by atoms with Crippen LogP contribution in [0.15, 0.2) is 45.6 Å². The van der Waals surface area contributed by atoms with Gasteiger partial charge in [0, 0.05) is 11.5 Å². The smallest absolute Gasteiger partial charge is 0.336 e. The van der Waals surface area contributed by atoms with Gasteiger partial charge < -0.3 is 19.4 Å². The van der Waals surface area contributed by atoms with Crippen LogP contribution in [0, 0.1) is 0 Å². The van der Waals surface area contributed by atoms with Gasteiger partial charge in [0.25, 0.3) is 0 Å². The van der Waals surface area contributed by atoms with E-state index in [9.17, 15) is 15.0 Å². The number of hydrogen-bond donors (Lipinski definition) is 2. The highest BCUT2D eigenvalue weighted by molar-refractivity contribution is 5.82. The van der Waals surface area contributed by atoms with E-state index in [4.69, 9.17) is 9.15 Å². The number of methoxy groups -OCH3 is 1. The molecule has 1 heterocycles. The van der Waals surface area contributed by atoms with Gasteiger partial charge in [0.05, 0.1) is 12.7 Å². The first kappa shape index (κ1) is 14.3. The summed E-state index contributed by atoms with van der Waals surface area (Å²) in [5.74, 6) is 0.333. The van der Waals surface area contributed by atoms with Crippen LogP contribution >= 0.6 is 0 Å². The second-order valence-corrected chi connectivity index (χ2v) is 4.59. The van der Waals surface area contributed by atoms with Gasteiger partial charge >= 0.3 is 5.63 Å². The van der Waals surface area contributed by atoms with Crippen molar-refractivity contribution in [3.63, 3.8) is 0 Å². The van der Waals surface area contributed by atoms with Crippen LogP contribution in [0.3, 0.4) is 0 Å². The van der Waals surface area contributed by atoms with Crippen LogP contribution in [0.4, 0.5) is 0 Å². The number of aliphatic hydroxyl groups excluding tert-OH is 2. The predicted molar refractivity (Wildman–Crippen MR) is 74.8 cm³/mol. The van der Waals surface area contributed by atoms with Gasteiger partial charge in [-0.3, -0.25) is 0 Å². The second kappa shape index (κ2) is 5.48. The maximum atomic E-state index is 11.4. The van der Waals surface area contributed by atoms with E-state index in [1.54, 1.807) is 25.1 Å². The van der Waals surface area contributed by atoms with Crippen molar-refractivity contribution in [2.45, 2.75) is 19.1 Å². The van der Waals surface area contributed by atoms with Gasteiger partial charge in [-0.1, -0.05) is 6.58 Å². The van der Waals surface area contributed by atoms with Gasteiger partial charge in [-0.25, -0.2) is 4.79 Å². The Morgan fingerprint density at radius 1 is 1.30 bits per heavy atom. The van der Waals surface area contributed by atoms with Crippen LogP contribution in [-0.2, 0) is 0 Å². The summed E-state index contributed by atoms with van der Waals surface area (Å²) in [6, 6.07) is 6.23. The Balaban J connectivity index is 2.73. The Kier molecular flexibility index (Phi) is 3.92. The van der Waals surface area contributed by atoms with Crippen molar-refractivity contribution < 1.29 is 19.4 Å². The minimum atomic E-state index is -1.29. The fourth-order valence-electron chi connectivity index (χ4n) is 2.02. The van der Waals surface area contributed by atoms with Crippen LogP contribution in [-0.4, -0.2) is 23.4 Å². The van der Waals surface area contributed by atoms with E-state index < -0.39 is 17.8 Å². The number of aliphatic hydroxyl groups is 2. The highest BCUT2D eigenvalue weighted by Gasteiger charge is 2.26. The third-order valence-electron chi connectivity index (χ3n) is 3.11. The Morgan fingerprint density at radius 2 is 1.95 bits per heavy atom. The fraction of sp³-hybridized carbons (Fsp3) is 0.267. The van der Waals surface area contributed by atoms with E-state index in [-0.39, 0.29) is 11.1 Å². The van der Waals surface area contributed by atoms with Gasteiger partial charge in [-0.05, 0) is 30.7 Å². The van der Waals surface area contributed by atoms with E-state index in [2.05, 4.69) is 6.58 Å². The third-order valence-corrected chi connectivity index (χ3v) is 3.11. The molecule has 2 N–H and O–H groups in total. The van der Waals surface area contributed by atoms with E-state index in [1.165, 1.54) is 13.2 Å². The highest BCUT2D eigenvalue weighted by Crippen LogP contribution is 2.35. The first-order valence-electron chi connectivity index (χ1n) is 6.08. The zero-order chi connectivity index (χ0) is 14.9. The number of rotatable bonds is 4. The van der Waals surface area contributed by atoms with E-state index in [0.29, 0.717) is 16.7 Å². The van der Waals surface area contributed by atoms with Crippen LogP contribution in [0.1, 0.15) is 18.6 Å². The first-order chi connectivity index (χ1) is 9.45. The van der Waals surface area contributed by atoms with Crippen LogP contribution < -0.4 is 10.4 Å². The lowest BCUT2D eigenvalue weighted by Crippen LogP contribution is -2.20. The summed E-state index contributed by atoms with van der Waals surface area (Å²) in [6.07, 6.45) is -2.48. The molecule has 0 radical (unpaired) electrons. The molecule has 0 aliphatic rings. The molecule has 1 aromatic heterocycles. The molecule has 0 fully saturated rings. The van der Waals surface area contributed by atoms with Crippen LogP contribution in [0.5, 0.6) is 5.75 Å². The molecule has 2 aromatic rings. The fourth-order valence-corrected chi connectivity index (χ4v) is 2.02. The minimum Gasteiger partial charge on any atom is -0.496 e. The molecule has 106 valence electrons. The Hall–Kier alpha value is -2.11. The molecule has 0 spiro atoms. The molecule has 0 aliphatic carbocycles. The Bertz CT molecular complexity index is 701. The average Bonchev–Trinajstić information content (AvgIpc) is 2.44. The average molecular weight is 276 g/mol. The molecule has 2 rings (SSSR count). The lowest BCUT2D eigenvalue weighted by atomic mass is 9.97. The molecule has 0 amide bonds. The lowest BCUT2D eigenvalue weighted by Gasteiger charge is -2.21. The summed E-state index contributed by atoms with van der Waals surface area (Å²) in [7, 11) is 1.44. The van der Waals surface area contributed by atoms with Gasteiger partial charge in [0.2, 0.25) is 0 Å². The molecule has 0 saturated carbocycles. The van der Waals surface area contributed by atoms with Gasteiger partial charge in [-0.15, -0.1) is 0 Å². The quantitative estimate of drug-likeness (QED) is 0.657. The first-order valence-corrected chi connectivity index (χ1v) is 6.08. The largest absolute Gasteiger partial charge is 0.496 e. The summed E-state index contributed by atoms with van der Waals surface area (Å²) < 4.78 is 10.3. The molecule has 0 unspecified atom stereocenters. The van der Waals surface area contributed by atoms with Crippen molar-refractivity contribution in [2.24, 2.45) is 0 Å². The normalized spacial score (nSPS) is 14.0. The topological polar surface area (TPSA) is 79.9 Å². The van der Waals surface area contributed by atoms with Gasteiger partial charge in [0.15, 0.2) is 0 Å². The molecule has 2 atom stereocenters. The number of benzene rings is 1. The lowest BCUT2D eigenvalue weighted by molar-refractivity contribution is 0.0402. The third kappa shape index (κ3) is 2.45. The van der Waals surface area contributed by atoms with Crippen LogP contribution in [0.25, 0.3) is 11.0 Å². The van der Waals surface area contributed by atoms with Crippen LogP contribution in [0.2, 0.25) is 0 Å². The molecule has 0 aliphatic heterocycles. The van der Waals surface area contributed by atoms with Crippen molar-refractivity contribution in [3.05, 3.63) is 52.4 Å². The van der Waals surface area contributed by atoms with Crippen molar-refractivity contribution in [1.82, 2.24) is 0 Å². The van der Waals surface area contributed by atoms with Crippen molar-refractivity contribution in [3.8, 4) is 5.75 Å². The van der Waals surface area contributed by atoms with Crippen molar-refractivity contribution in [1.29, 1.82) is 0 Å². The molecular formula is C15H16O5. The van der Waals surface area contributed by atoms with E-state index >= 15 is 0 Å². The summed E-state index contributed by atoms with van der Waals surface area (Å²) in [5.41, 5.74) is 0.293. The molecule has 5 nitrogen and oxygen atoms in total. The Morgan fingerprint density at radius 3 is 2.55 bits per heavy atom. The summed E-state index contributed by atoms with van der Waals surface area (Å²) in [5, 5.41) is 20.9. The summed E-state index contributed by atoms with van der Waals surface area (Å²) in [4.78, 5) is 11.4. The number of ether oxygens (including phenoxy) is 1. The summed E-state index contributed by atoms with van der Waals surface area (Å²) in [6.45, 7) is 5.21. The minimum absolute atomic E-state index is 0.199. The molecular weight excluding hydrogens is 260 g/mol. The molecule has 5 heteroatoms. The zero-order valence-corrected chi connectivity index (χ0v) is 11.3. The monoisotopic (exact) mass is 276 g/mol. The van der Waals surface area contributed by atoms with E-state index in [0.717, 1.165) is 0 Å². The molecule has 0 bridgehead atoms. The highest BCUT2D eigenvalue weighted by atomic mass is 16.5. The SMILES string of the molecule is C=C(C)[C@@H](O)[C@@H](O)c1c(OC)ccc2ccc(=O)oc12. The van der Waals surface area contributed by atoms with E-state index in [1.807, 2.05) is 0 Å². The second-order valence-electron chi connectivity index (χ2n) is 4.59. The molecule has 1 aromatic carbocycles. The maximum absolute atomic E-state index is 11.4. The number of hydrogen-bond acceptors (Lipinski definition) is 5. The number of fused-ring (bicyclic) bond motifs is 1. The predicted octanol–water partition coefficient (Wildman–Crippen LogP) is 1.77. The van der Waals surface area contributed by atoms with Gasteiger partial charge in [0.1, 0.15) is 23.5 Å². The molecule has 0 saturated heterocycles. The maximum Gasteiger partial charge on any atom is 0.336 e. The molecule has 20 heavy (non-hydrogen) atoms.